The summed E-state index contributed by atoms with van der Waals surface area (Å²) in [5.41, 5.74) is 1.37. The number of hydrogen-bond acceptors (Lipinski definition) is 0. The Hall–Kier alpha value is -1.24. The smallest absolute Gasteiger partial charge is 0.0513 e. The maximum Gasteiger partial charge on any atom is 0.0513 e. The van der Waals surface area contributed by atoms with Crippen LogP contribution in [0.25, 0.3) is 11.9 Å². The molecule has 1 aliphatic heterocycles. The van der Waals surface area contributed by atoms with Crippen molar-refractivity contribution in [2.45, 2.75) is 51.4 Å². The van der Waals surface area contributed by atoms with Crippen LogP contribution in [0, 0.1) is 5.92 Å². The lowest BCUT2D eigenvalue weighted by atomic mass is 9.92. The Kier molecular flexibility index (Phi) is 3.68. The molecule has 18 heavy (non-hydrogen) atoms. The molecule has 1 aliphatic carbocycles. The summed E-state index contributed by atoms with van der Waals surface area (Å²) < 4.78 is 0. The summed E-state index contributed by atoms with van der Waals surface area (Å²) in [5, 5.41) is 7.42. The van der Waals surface area contributed by atoms with Gasteiger partial charge in [0.1, 0.15) is 0 Å². The topological polar surface area (TPSA) is 14.1 Å². The van der Waals surface area contributed by atoms with E-state index in [1.54, 1.807) is 0 Å². The molecular formula is C17H22N. The summed E-state index contributed by atoms with van der Waals surface area (Å²) in [6.07, 6.45) is 13.2. The van der Waals surface area contributed by atoms with Gasteiger partial charge < -0.3 is 0 Å². The highest BCUT2D eigenvalue weighted by Gasteiger charge is 2.18. The van der Waals surface area contributed by atoms with Crippen molar-refractivity contribution in [3.05, 3.63) is 34.7 Å². The molecule has 3 rings (SSSR count). The molecule has 1 aromatic carbocycles. The molecule has 0 saturated heterocycles. The minimum Gasteiger partial charge on any atom is -0.260 e. The van der Waals surface area contributed by atoms with Crippen LogP contribution in [-0.2, 0) is 0 Å². The van der Waals surface area contributed by atoms with E-state index in [4.69, 9.17) is 5.32 Å². The molecule has 1 saturated carbocycles. The quantitative estimate of drug-likeness (QED) is 0.716. The standard InChI is InChI=1S/C17H22N/c1-2-4-6-10-14(9-5-3-1)17-16-12-8-7-11-15(16)13-18-17/h7-8,11-14H,1-6,9-10H2. The molecule has 0 amide bonds. The van der Waals surface area contributed by atoms with Crippen LogP contribution in [0.1, 0.15) is 51.4 Å². The summed E-state index contributed by atoms with van der Waals surface area (Å²) in [6.45, 7) is 0. The third-order valence-corrected chi connectivity index (χ3v) is 4.32. The first-order chi connectivity index (χ1) is 8.95. The Morgan fingerprint density at radius 3 is 2.28 bits per heavy atom. The third-order valence-electron chi connectivity index (χ3n) is 4.32. The Morgan fingerprint density at radius 1 is 0.833 bits per heavy atom. The lowest BCUT2D eigenvalue weighted by Crippen LogP contribution is -2.24. The van der Waals surface area contributed by atoms with Crippen LogP contribution in [0.15, 0.2) is 24.3 Å². The highest BCUT2D eigenvalue weighted by molar-refractivity contribution is 5.56. The van der Waals surface area contributed by atoms with Crippen molar-refractivity contribution in [2.75, 3.05) is 0 Å². The van der Waals surface area contributed by atoms with Crippen molar-refractivity contribution in [2.24, 2.45) is 5.92 Å². The predicted octanol–water partition coefficient (Wildman–Crippen LogP) is 2.90. The zero-order valence-electron chi connectivity index (χ0n) is 11.1. The Labute approximate surface area is 110 Å². The van der Waals surface area contributed by atoms with Crippen LogP contribution in [-0.4, -0.2) is 0 Å². The maximum atomic E-state index is 4.72. The van der Waals surface area contributed by atoms with Crippen LogP contribution in [0.4, 0.5) is 0 Å². The highest BCUT2D eigenvalue weighted by Crippen LogP contribution is 2.27. The molecule has 0 bridgehead atoms. The minimum atomic E-state index is 0.697. The van der Waals surface area contributed by atoms with E-state index in [-0.39, 0.29) is 0 Å². The molecule has 0 unspecified atom stereocenters. The summed E-state index contributed by atoms with van der Waals surface area (Å²) in [5.74, 6) is 0.697. The van der Waals surface area contributed by atoms with Crippen molar-refractivity contribution in [3.63, 3.8) is 0 Å². The molecular weight excluding hydrogens is 218 g/mol. The van der Waals surface area contributed by atoms with E-state index in [1.807, 2.05) is 0 Å². The van der Waals surface area contributed by atoms with Crippen LogP contribution in [0.3, 0.4) is 0 Å². The minimum absolute atomic E-state index is 0.697. The van der Waals surface area contributed by atoms with Crippen LogP contribution in [0.2, 0.25) is 0 Å². The molecule has 1 aromatic rings. The molecule has 95 valence electrons. The van der Waals surface area contributed by atoms with Crippen LogP contribution in [0.5, 0.6) is 0 Å². The van der Waals surface area contributed by atoms with Gasteiger partial charge in [-0.15, -0.1) is 0 Å². The fourth-order valence-corrected chi connectivity index (χ4v) is 3.28. The van der Waals surface area contributed by atoms with Gasteiger partial charge >= 0.3 is 0 Å². The van der Waals surface area contributed by atoms with Gasteiger partial charge in [0.2, 0.25) is 0 Å². The fraction of sp³-hybridized carbons (Fsp3) is 0.529. The zero-order valence-corrected chi connectivity index (χ0v) is 11.1. The molecule has 1 heterocycles. The summed E-state index contributed by atoms with van der Waals surface area (Å²) >= 11 is 0. The van der Waals surface area contributed by atoms with E-state index in [2.05, 4.69) is 30.5 Å². The Balaban J connectivity index is 1.88. The van der Waals surface area contributed by atoms with E-state index >= 15 is 0 Å². The van der Waals surface area contributed by atoms with Gasteiger partial charge in [0.25, 0.3) is 0 Å². The van der Waals surface area contributed by atoms with E-state index in [9.17, 15) is 0 Å². The molecule has 0 atom stereocenters. The number of fused-ring (bicyclic) bond motifs is 1. The second-order valence-electron chi connectivity index (χ2n) is 5.63. The second-order valence-corrected chi connectivity index (χ2v) is 5.63. The largest absolute Gasteiger partial charge is 0.260 e. The lowest BCUT2D eigenvalue weighted by Gasteiger charge is -2.16. The van der Waals surface area contributed by atoms with Crippen LogP contribution >= 0.6 is 0 Å². The highest BCUT2D eigenvalue weighted by atomic mass is 14.9. The molecule has 0 aromatic heterocycles. The first kappa shape index (κ1) is 11.8. The van der Waals surface area contributed by atoms with E-state index in [0.717, 1.165) is 0 Å². The number of hydrogen-bond donors (Lipinski definition) is 0. The molecule has 1 fully saturated rings. The normalized spacial score (nSPS) is 21.2. The number of nitrogens with zero attached hydrogens (tertiary/aromatic N) is 1. The maximum absolute atomic E-state index is 4.72. The predicted molar refractivity (Wildman–Crippen MR) is 76.1 cm³/mol. The molecule has 1 radical (unpaired) electrons. The first-order valence-electron chi connectivity index (χ1n) is 7.45. The number of benzene rings is 1. The van der Waals surface area contributed by atoms with Gasteiger partial charge in [0.15, 0.2) is 0 Å². The molecule has 1 heteroatoms. The summed E-state index contributed by atoms with van der Waals surface area (Å²) in [4.78, 5) is 0. The Morgan fingerprint density at radius 2 is 1.50 bits per heavy atom. The third kappa shape index (κ3) is 2.45. The molecule has 0 spiro atoms. The molecule has 1 nitrogen and oxygen atoms in total. The lowest BCUT2D eigenvalue weighted by molar-refractivity contribution is 0.511. The van der Waals surface area contributed by atoms with Gasteiger partial charge in [-0.2, -0.15) is 0 Å². The summed E-state index contributed by atoms with van der Waals surface area (Å²) in [6, 6.07) is 8.67. The van der Waals surface area contributed by atoms with E-state index < -0.39 is 0 Å². The average Bonchev–Trinajstić information content (AvgIpc) is 2.87. The first-order valence-corrected chi connectivity index (χ1v) is 7.45. The van der Waals surface area contributed by atoms with Crippen molar-refractivity contribution >= 4 is 11.9 Å². The van der Waals surface area contributed by atoms with Crippen molar-refractivity contribution in [1.82, 2.24) is 5.32 Å². The van der Waals surface area contributed by atoms with Crippen molar-refractivity contribution in [3.8, 4) is 0 Å². The van der Waals surface area contributed by atoms with E-state index in [0.29, 0.717) is 5.92 Å². The fourth-order valence-electron chi connectivity index (χ4n) is 3.28. The van der Waals surface area contributed by atoms with Crippen molar-refractivity contribution < 1.29 is 0 Å². The molecule has 0 N–H and O–H groups in total. The zero-order chi connectivity index (χ0) is 12.2. The Bertz CT molecular complexity index is 505. The van der Waals surface area contributed by atoms with Gasteiger partial charge in [-0.25, -0.2) is 0 Å². The second kappa shape index (κ2) is 5.60. The van der Waals surface area contributed by atoms with Gasteiger partial charge in [0.05, 0.1) is 5.70 Å². The summed E-state index contributed by atoms with van der Waals surface area (Å²) in [7, 11) is 0. The SMILES string of the molecule is C1=c2ccccc2=C(C2CCCCCCCC2)[N]1. The molecule has 2 aliphatic rings. The average molecular weight is 240 g/mol. The van der Waals surface area contributed by atoms with Gasteiger partial charge in [-0.1, -0.05) is 62.8 Å². The van der Waals surface area contributed by atoms with Gasteiger partial charge in [0, 0.05) is 22.6 Å². The van der Waals surface area contributed by atoms with E-state index in [1.165, 1.54) is 67.5 Å². The van der Waals surface area contributed by atoms with Gasteiger partial charge in [-0.05, 0) is 12.8 Å². The van der Waals surface area contributed by atoms with Crippen LogP contribution < -0.4 is 15.8 Å². The van der Waals surface area contributed by atoms with Crippen molar-refractivity contribution in [1.29, 1.82) is 0 Å². The van der Waals surface area contributed by atoms with Gasteiger partial charge in [-0.3, -0.25) is 5.32 Å². The number of rotatable bonds is 1. The monoisotopic (exact) mass is 240 g/mol.